The number of amides is 2. The quantitative estimate of drug-likeness (QED) is 0.476. The summed E-state index contributed by atoms with van der Waals surface area (Å²) in [4.78, 5) is 22.7. The first-order valence-corrected chi connectivity index (χ1v) is 12.0. The minimum Gasteiger partial charge on any atom is -0.481 e. The minimum atomic E-state index is -3.96. The van der Waals surface area contributed by atoms with Crippen LogP contribution in [0.15, 0.2) is 53.4 Å². The van der Waals surface area contributed by atoms with Crippen LogP contribution < -0.4 is 10.0 Å². The molecule has 0 radical (unpaired) electrons. The largest absolute Gasteiger partial charge is 0.481 e. The number of nitrogens with one attached hydrogen (secondary N) is 2. The number of aliphatic carboxylic acids is 1. The van der Waals surface area contributed by atoms with Crippen LogP contribution in [0.1, 0.15) is 51.5 Å². The summed E-state index contributed by atoms with van der Waals surface area (Å²) in [5.74, 6) is -0.801. The second-order valence-electron chi connectivity index (χ2n) is 7.44. The van der Waals surface area contributed by atoms with Gasteiger partial charge in [0, 0.05) is 12.5 Å². The van der Waals surface area contributed by atoms with Crippen LogP contribution in [0.3, 0.4) is 0 Å². The van der Waals surface area contributed by atoms with Gasteiger partial charge in [-0.2, -0.15) is 0 Å². The Kier molecular flexibility index (Phi) is 9.05. The van der Waals surface area contributed by atoms with Crippen molar-refractivity contribution in [3.63, 3.8) is 0 Å². The van der Waals surface area contributed by atoms with E-state index in [-0.39, 0.29) is 17.4 Å². The van der Waals surface area contributed by atoms with E-state index in [0.717, 1.165) is 36.0 Å². The lowest BCUT2D eigenvalue weighted by molar-refractivity contribution is -0.137. The molecule has 0 saturated carbocycles. The molecule has 8 heteroatoms. The van der Waals surface area contributed by atoms with E-state index in [1.807, 2.05) is 38.1 Å². The topological polar surface area (TPSA) is 113 Å². The molecule has 0 spiro atoms. The molecule has 1 unspecified atom stereocenters. The number of carboxylic acid groups (broad SMARTS) is 1. The van der Waals surface area contributed by atoms with Crippen molar-refractivity contribution < 1.29 is 23.1 Å². The molecule has 2 aromatic carbocycles. The molecule has 2 amide bonds. The molecule has 31 heavy (non-hydrogen) atoms. The molecule has 7 nitrogen and oxygen atoms in total. The molecule has 1 atom stereocenters. The van der Waals surface area contributed by atoms with Crippen molar-refractivity contribution in [1.29, 1.82) is 0 Å². The third-order valence-electron chi connectivity index (χ3n) is 5.00. The summed E-state index contributed by atoms with van der Waals surface area (Å²) in [6.07, 6.45) is 3.83. The van der Waals surface area contributed by atoms with Gasteiger partial charge in [0.2, 0.25) is 0 Å². The fourth-order valence-corrected chi connectivity index (χ4v) is 4.17. The first kappa shape index (κ1) is 24.4. The van der Waals surface area contributed by atoms with Gasteiger partial charge in [-0.05, 0) is 54.5 Å². The van der Waals surface area contributed by atoms with E-state index in [4.69, 9.17) is 5.11 Å². The number of aryl methyl sites for hydroxylation is 1. The maximum atomic E-state index is 12.5. The van der Waals surface area contributed by atoms with E-state index in [1.54, 1.807) is 12.1 Å². The van der Waals surface area contributed by atoms with Crippen molar-refractivity contribution in [2.45, 2.75) is 63.3 Å². The lowest BCUT2D eigenvalue weighted by Crippen LogP contribution is -2.44. The fourth-order valence-electron chi connectivity index (χ4n) is 3.26. The van der Waals surface area contributed by atoms with Gasteiger partial charge in [-0.25, -0.2) is 17.9 Å². The molecule has 168 valence electrons. The SMILES string of the molecule is CCCC(CC)NC(=O)NS(=O)(=O)c1ccc(-c2ccc(CCCC(=O)O)cc2)cc1. The third-order valence-corrected chi connectivity index (χ3v) is 6.35. The first-order valence-electron chi connectivity index (χ1n) is 10.5. The lowest BCUT2D eigenvalue weighted by Gasteiger charge is -2.16. The Morgan fingerprint density at radius 2 is 1.55 bits per heavy atom. The average Bonchev–Trinajstić information content (AvgIpc) is 2.73. The van der Waals surface area contributed by atoms with Gasteiger partial charge in [-0.1, -0.05) is 56.7 Å². The highest BCUT2D eigenvalue weighted by atomic mass is 32.2. The summed E-state index contributed by atoms with van der Waals surface area (Å²) in [5, 5.41) is 11.4. The molecule has 2 aromatic rings. The van der Waals surface area contributed by atoms with Crippen molar-refractivity contribution in [2.24, 2.45) is 0 Å². The molecule has 0 aromatic heterocycles. The lowest BCUT2D eigenvalue weighted by atomic mass is 10.0. The zero-order chi connectivity index (χ0) is 22.9. The molecule has 0 bridgehead atoms. The summed E-state index contributed by atoms with van der Waals surface area (Å²) in [7, 11) is -3.96. The summed E-state index contributed by atoms with van der Waals surface area (Å²) >= 11 is 0. The first-order chi connectivity index (χ1) is 14.7. The Balaban J connectivity index is 2.01. The number of rotatable bonds is 11. The second-order valence-corrected chi connectivity index (χ2v) is 9.12. The fraction of sp³-hybridized carbons (Fsp3) is 0.391. The van der Waals surface area contributed by atoms with Gasteiger partial charge >= 0.3 is 12.0 Å². The number of carbonyl (C=O) groups is 2. The van der Waals surface area contributed by atoms with Crippen LogP contribution in [0.2, 0.25) is 0 Å². The van der Waals surface area contributed by atoms with Gasteiger partial charge in [0.1, 0.15) is 0 Å². The highest BCUT2D eigenvalue weighted by molar-refractivity contribution is 7.90. The van der Waals surface area contributed by atoms with Crippen LogP contribution in [-0.2, 0) is 21.2 Å². The number of carbonyl (C=O) groups excluding carboxylic acids is 1. The predicted octanol–water partition coefficient (Wildman–Crippen LogP) is 4.33. The van der Waals surface area contributed by atoms with Gasteiger partial charge < -0.3 is 10.4 Å². The molecule has 0 aliphatic heterocycles. The molecule has 2 rings (SSSR count). The molecule has 0 aliphatic rings. The highest BCUT2D eigenvalue weighted by Crippen LogP contribution is 2.22. The third kappa shape index (κ3) is 7.71. The van der Waals surface area contributed by atoms with Crippen LogP contribution >= 0.6 is 0 Å². The van der Waals surface area contributed by atoms with E-state index in [0.29, 0.717) is 12.8 Å². The van der Waals surface area contributed by atoms with Crippen LogP contribution in [0.25, 0.3) is 11.1 Å². The van der Waals surface area contributed by atoms with Crippen LogP contribution in [0.4, 0.5) is 4.79 Å². The molecule has 0 fully saturated rings. The van der Waals surface area contributed by atoms with Gasteiger partial charge in [0.05, 0.1) is 4.90 Å². The van der Waals surface area contributed by atoms with E-state index in [9.17, 15) is 18.0 Å². The number of sulfonamides is 1. The predicted molar refractivity (Wildman–Crippen MR) is 120 cm³/mol. The van der Waals surface area contributed by atoms with Crippen LogP contribution in [0.5, 0.6) is 0 Å². The zero-order valence-electron chi connectivity index (χ0n) is 17.9. The average molecular weight is 447 g/mol. The van der Waals surface area contributed by atoms with Gasteiger partial charge in [0.15, 0.2) is 0 Å². The Hall–Kier alpha value is -2.87. The monoisotopic (exact) mass is 446 g/mol. The minimum absolute atomic E-state index is 0.0141. The van der Waals surface area contributed by atoms with Gasteiger partial charge in [-0.15, -0.1) is 0 Å². The maximum Gasteiger partial charge on any atom is 0.328 e. The van der Waals surface area contributed by atoms with Crippen molar-refractivity contribution in [3.8, 4) is 11.1 Å². The van der Waals surface area contributed by atoms with E-state index in [1.165, 1.54) is 12.1 Å². The number of hydrogen-bond donors (Lipinski definition) is 3. The number of carboxylic acids is 1. The standard InChI is InChI=1S/C23H30N2O5S/c1-3-6-20(4-2)24-23(28)25-31(29,30)21-15-13-19(14-16-21)18-11-9-17(10-12-18)7-5-8-22(26)27/h9-16,20H,3-8H2,1-2H3,(H,26,27)(H2,24,25,28). The highest BCUT2D eigenvalue weighted by Gasteiger charge is 2.19. The zero-order valence-corrected chi connectivity index (χ0v) is 18.7. The van der Waals surface area contributed by atoms with E-state index >= 15 is 0 Å². The smallest absolute Gasteiger partial charge is 0.328 e. The molecule has 3 N–H and O–H groups in total. The Morgan fingerprint density at radius 1 is 0.968 bits per heavy atom. The van der Waals surface area contributed by atoms with Gasteiger partial charge in [-0.3, -0.25) is 4.79 Å². The summed E-state index contributed by atoms with van der Waals surface area (Å²) in [6, 6.07) is 13.3. The normalized spacial score (nSPS) is 12.2. The van der Waals surface area contributed by atoms with Crippen LogP contribution in [0, 0.1) is 0 Å². The van der Waals surface area contributed by atoms with Gasteiger partial charge in [0.25, 0.3) is 10.0 Å². The Bertz CT molecular complexity index is 970. The second kappa shape index (κ2) is 11.5. The Morgan fingerprint density at radius 3 is 2.06 bits per heavy atom. The van der Waals surface area contributed by atoms with E-state index < -0.39 is 22.0 Å². The Labute approximate surface area is 183 Å². The summed E-state index contributed by atoms with van der Waals surface area (Å²) in [6.45, 7) is 3.95. The van der Waals surface area contributed by atoms with Crippen molar-refractivity contribution in [2.75, 3.05) is 0 Å². The number of hydrogen-bond acceptors (Lipinski definition) is 4. The van der Waals surface area contributed by atoms with Crippen molar-refractivity contribution >= 4 is 22.0 Å². The molecule has 0 heterocycles. The number of benzene rings is 2. The summed E-state index contributed by atoms with van der Waals surface area (Å²) < 4.78 is 27.1. The molecule has 0 saturated heterocycles. The van der Waals surface area contributed by atoms with Crippen molar-refractivity contribution in [3.05, 3.63) is 54.1 Å². The summed E-state index contributed by atoms with van der Waals surface area (Å²) in [5.41, 5.74) is 2.81. The van der Waals surface area contributed by atoms with Crippen molar-refractivity contribution in [1.82, 2.24) is 10.0 Å². The molecule has 0 aliphatic carbocycles. The van der Waals surface area contributed by atoms with E-state index in [2.05, 4.69) is 10.0 Å². The molecular formula is C23H30N2O5S. The number of urea groups is 1. The maximum absolute atomic E-state index is 12.5. The van der Waals surface area contributed by atoms with Crippen LogP contribution in [-0.4, -0.2) is 31.6 Å². The molecular weight excluding hydrogens is 416 g/mol.